The van der Waals surface area contributed by atoms with Crippen molar-refractivity contribution in [3.8, 4) is 0 Å². The predicted octanol–water partition coefficient (Wildman–Crippen LogP) is 3.06. The monoisotopic (exact) mass is 327 g/mol. The highest BCUT2D eigenvalue weighted by molar-refractivity contribution is 9.10. The van der Waals surface area contributed by atoms with E-state index in [-0.39, 0.29) is 15.5 Å². The lowest BCUT2D eigenvalue weighted by Gasteiger charge is -2.05. The van der Waals surface area contributed by atoms with Crippen LogP contribution >= 0.6 is 31.9 Å². The lowest BCUT2D eigenvalue weighted by molar-refractivity contribution is -0.113. The zero-order valence-corrected chi connectivity index (χ0v) is 9.95. The van der Waals surface area contributed by atoms with E-state index in [0.717, 1.165) is 0 Å². The van der Waals surface area contributed by atoms with Gasteiger partial charge in [-0.15, -0.1) is 0 Å². The number of carbonyl (C=O) groups is 1. The van der Waals surface area contributed by atoms with Crippen LogP contribution < -0.4 is 5.32 Å². The number of nitrogens with one attached hydrogen (secondary N) is 1. The van der Waals surface area contributed by atoms with E-state index in [1.807, 2.05) is 0 Å². The van der Waals surface area contributed by atoms with Gasteiger partial charge in [-0.25, -0.2) is 8.78 Å². The van der Waals surface area contributed by atoms with Gasteiger partial charge in [0.1, 0.15) is 11.6 Å². The summed E-state index contributed by atoms with van der Waals surface area (Å²) in [4.78, 5) is 10.9. The minimum Gasteiger partial charge on any atom is -0.323 e. The van der Waals surface area contributed by atoms with Crippen LogP contribution in [-0.4, -0.2) is 11.2 Å². The molecule has 0 spiro atoms. The highest BCUT2D eigenvalue weighted by atomic mass is 79.9. The molecule has 1 rings (SSSR count). The Kier molecular flexibility index (Phi) is 4.00. The second-order valence-electron chi connectivity index (χ2n) is 2.43. The van der Waals surface area contributed by atoms with Gasteiger partial charge in [0.25, 0.3) is 0 Å². The first-order valence-electron chi connectivity index (χ1n) is 3.55. The Hall–Kier alpha value is -0.490. The molecule has 0 saturated heterocycles. The third-order valence-electron chi connectivity index (χ3n) is 1.41. The third-order valence-corrected chi connectivity index (χ3v) is 2.52. The van der Waals surface area contributed by atoms with Crippen LogP contribution in [0.4, 0.5) is 14.5 Å². The fourth-order valence-corrected chi connectivity index (χ4v) is 1.29. The molecular weight excluding hydrogens is 324 g/mol. The van der Waals surface area contributed by atoms with E-state index < -0.39 is 17.5 Å². The number of alkyl halides is 1. The van der Waals surface area contributed by atoms with Crippen LogP contribution in [0.1, 0.15) is 0 Å². The van der Waals surface area contributed by atoms with Gasteiger partial charge in [-0.3, -0.25) is 4.79 Å². The Morgan fingerprint density at radius 2 is 2.00 bits per heavy atom. The lowest BCUT2D eigenvalue weighted by Crippen LogP contribution is -2.13. The molecule has 0 atom stereocenters. The molecule has 1 amide bonds. The molecule has 0 aliphatic carbocycles. The van der Waals surface area contributed by atoms with Crippen molar-refractivity contribution in [2.45, 2.75) is 0 Å². The second kappa shape index (κ2) is 4.84. The number of benzene rings is 1. The van der Waals surface area contributed by atoms with Crippen molar-refractivity contribution >= 4 is 43.5 Å². The SMILES string of the molecule is O=C(CBr)Nc1cc(Br)c(F)cc1F. The van der Waals surface area contributed by atoms with Crippen LogP contribution in [0.5, 0.6) is 0 Å². The second-order valence-corrected chi connectivity index (χ2v) is 3.84. The smallest absolute Gasteiger partial charge is 0.235 e. The molecule has 76 valence electrons. The molecule has 0 aromatic heterocycles. The molecular formula is C8H5Br2F2NO. The van der Waals surface area contributed by atoms with Crippen molar-refractivity contribution < 1.29 is 13.6 Å². The maximum atomic E-state index is 13.0. The van der Waals surface area contributed by atoms with Crippen LogP contribution in [0.3, 0.4) is 0 Å². The van der Waals surface area contributed by atoms with Crippen LogP contribution in [0, 0.1) is 11.6 Å². The first-order valence-corrected chi connectivity index (χ1v) is 5.46. The molecule has 0 aliphatic heterocycles. The summed E-state index contributed by atoms with van der Waals surface area (Å²) in [5, 5.41) is 2.33. The number of hydrogen-bond donors (Lipinski definition) is 1. The molecule has 0 unspecified atom stereocenters. The van der Waals surface area contributed by atoms with Crippen molar-refractivity contribution in [3.63, 3.8) is 0 Å². The zero-order valence-electron chi connectivity index (χ0n) is 6.78. The van der Waals surface area contributed by atoms with E-state index in [1.54, 1.807) is 0 Å². The highest BCUT2D eigenvalue weighted by Crippen LogP contribution is 2.23. The number of rotatable bonds is 2. The zero-order chi connectivity index (χ0) is 10.7. The molecule has 1 aromatic rings. The Bertz CT molecular complexity index is 371. The molecule has 1 aromatic carbocycles. The fraction of sp³-hybridized carbons (Fsp3) is 0.125. The number of halogens is 4. The largest absolute Gasteiger partial charge is 0.323 e. The summed E-state index contributed by atoms with van der Waals surface area (Å²) >= 11 is 5.80. The molecule has 6 heteroatoms. The number of carbonyl (C=O) groups excluding carboxylic acids is 1. The maximum absolute atomic E-state index is 13.0. The quantitative estimate of drug-likeness (QED) is 0.656. The lowest BCUT2D eigenvalue weighted by atomic mass is 10.3. The Balaban J connectivity index is 2.98. The third kappa shape index (κ3) is 2.75. The van der Waals surface area contributed by atoms with Crippen LogP contribution in [0.2, 0.25) is 0 Å². The van der Waals surface area contributed by atoms with Crippen LogP contribution in [0.25, 0.3) is 0 Å². The summed E-state index contributed by atoms with van der Waals surface area (Å²) in [5.41, 5.74) is -0.0530. The average Bonchev–Trinajstić information content (AvgIpc) is 2.14. The molecule has 0 aliphatic rings. The number of anilines is 1. The van der Waals surface area contributed by atoms with Crippen molar-refractivity contribution in [2.75, 3.05) is 10.6 Å². The predicted molar refractivity (Wildman–Crippen MR) is 56.5 cm³/mol. The summed E-state index contributed by atoms with van der Waals surface area (Å²) < 4.78 is 25.9. The van der Waals surface area contributed by atoms with E-state index in [9.17, 15) is 13.6 Å². The summed E-state index contributed by atoms with van der Waals surface area (Å²) in [6.45, 7) is 0. The van der Waals surface area contributed by atoms with Crippen molar-refractivity contribution in [2.24, 2.45) is 0 Å². The van der Waals surface area contributed by atoms with E-state index in [4.69, 9.17) is 0 Å². The summed E-state index contributed by atoms with van der Waals surface area (Å²) in [6, 6.07) is 1.87. The van der Waals surface area contributed by atoms with Gasteiger partial charge in [0.2, 0.25) is 5.91 Å². The van der Waals surface area contributed by atoms with Gasteiger partial charge >= 0.3 is 0 Å². The fourth-order valence-electron chi connectivity index (χ4n) is 0.802. The molecule has 0 bridgehead atoms. The molecule has 1 N–H and O–H groups in total. The Morgan fingerprint density at radius 3 is 2.57 bits per heavy atom. The van der Waals surface area contributed by atoms with Gasteiger partial charge < -0.3 is 5.32 Å². The van der Waals surface area contributed by atoms with Gasteiger partial charge in [-0.1, -0.05) is 15.9 Å². The number of amides is 1. The summed E-state index contributed by atoms with van der Waals surface area (Å²) in [5.74, 6) is -1.92. The topological polar surface area (TPSA) is 29.1 Å². The van der Waals surface area contributed by atoms with Gasteiger partial charge in [-0.2, -0.15) is 0 Å². The first kappa shape index (κ1) is 11.6. The molecule has 0 heterocycles. The van der Waals surface area contributed by atoms with Gasteiger partial charge in [0.15, 0.2) is 0 Å². The summed E-state index contributed by atoms with van der Waals surface area (Å²) in [6.07, 6.45) is 0. The van der Waals surface area contributed by atoms with E-state index in [2.05, 4.69) is 37.2 Å². The minimum atomic E-state index is -0.806. The Morgan fingerprint density at radius 1 is 1.36 bits per heavy atom. The Labute approximate surface area is 95.9 Å². The maximum Gasteiger partial charge on any atom is 0.235 e. The van der Waals surface area contributed by atoms with Crippen molar-refractivity contribution in [1.82, 2.24) is 0 Å². The van der Waals surface area contributed by atoms with E-state index in [0.29, 0.717) is 6.07 Å². The van der Waals surface area contributed by atoms with Crippen LogP contribution in [-0.2, 0) is 4.79 Å². The normalized spacial score (nSPS) is 10.0. The standard InChI is InChI=1S/C8H5Br2F2NO/c9-3-8(14)13-7-1-4(10)5(11)2-6(7)12/h1-2H,3H2,(H,13,14). The minimum absolute atomic E-state index is 0.0530. The molecule has 2 nitrogen and oxygen atoms in total. The van der Waals surface area contributed by atoms with Gasteiger partial charge in [0, 0.05) is 6.07 Å². The summed E-state index contributed by atoms with van der Waals surface area (Å²) in [7, 11) is 0. The van der Waals surface area contributed by atoms with Gasteiger partial charge in [-0.05, 0) is 22.0 Å². The number of hydrogen-bond acceptors (Lipinski definition) is 1. The molecule has 0 fully saturated rings. The molecule has 0 saturated carbocycles. The van der Waals surface area contributed by atoms with Gasteiger partial charge in [0.05, 0.1) is 15.5 Å². The van der Waals surface area contributed by atoms with Crippen molar-refractivity contribution in [3.05, 3.63) is 28.2 Å². The first-order chi connectivity index (χ1) is 6.54. The van der Waals surface area contributed by atoms with E-state index >= 15 is 0 Å². The molecule has 0 radical (unpaired) electrons. The van der Waals surface area contributed by atoms with E-state index in [1.165, 1.54) is 6.07 Å². The average molecular weight is 329 g/mol. The van der Waals surface area contributed by atoms with Crippen molar-refractivity contribution in [1.29, 1.82) is 0 Å². The van der Waals surface area contributed by atoms with Crippen LogP contribution in [0.15, 0.2) is 16.6 Å². The molecule has 14 heavy (non-hydrogen) atoms. The highest BCUT2D eigenvalue weighted by Gasteiger charge is 2.09.